The molecule has 0 fully saturated rings. The summed E-state index contributed by atoms with van der Waals surface area (Å²) in [5.74, 6) is 0.146. The summed E-state index contributed by atoms with van der Waals surface area (Å²) in [6.07, 6.45) is 7.98. The third-order valence-electron chi connectivity index (χ3n) is 2.55. The van der Waals surface area contributed by atoms with E-state index >= 15 is 0 Å². The van der Waals surface area contributed by atoms with Crippen molar-refractivity contribution in [3.63, 3.8) is 0 Å². The lowest BCUT2D eigenvalue weighted by molar-refractivity contribution is -0.121. The van der Waals surface area contributed by atoms with Crippen LogP contribution >= 0.6 is 0 Å². The van der Waals surface area contributed by atoms with Crippen LogP contribution in [-0.2, 0) is 4.79 Å². The van der Waals surface area contributed by atoms with Gasteiger partial charge in [-0.2, -0.15) is 0 Å². The second kappa shape index (κ2) is 10.7. The van der Waals surface area contributed by atoms with Gasteiger partial charge < -0.3 is 5.32 Å². The van der Waals surface area contributed by atoms with Crippen LogP contribution in [0.5, 0.6) is 0 Å². The van der Waals surface area contributed by atoms with Crippen molar-refractivity contribution in [3.8, 4) is 0 Å². The van der Waals surface area contributed by atoms with Crippen LogP contribution in [0.25, 0.3) is 0 Å². The predicted molar refractivity (Wildman–Crippen MR) is 69.2 cm³/mol. The number of unbranched alkanes of at least 4 members (excludes halogenated alkanes) is 1. The number of hydrogen-bond acceptors (Lipinski definition) is 2. The van der Waals surface area contributed by atoms with Crippen LogP contribution in [0.3, 0.4) is 0 Å². The highest BCUT2D eigenvalue weighted by Crippen LogP contribution is 1.95. The minimum Gasteiger partial charge on any atom is -0.343 e. The van der Waals surface area contributed by atoms with Crippen molar-refractivity contribution < 1.29 is 4.79 Å². The highest BCUT2D eigenvalue weighted by molar-refractivity contribution is 5.75. The van der Waals surface area contributed by atoms with Gasteiger partial charge in [0.05, 0.1) is 6.67 Å². The molecule has 3 heteroatoms. The van der Waals surface area contributed by atoms with Crippen LogP contribution in [0.2, 0.25) is 0 Å². The highest BCUT2D eigenvalue weighted by atomic mass is 16.1. The SMILES string of the molecule is CCC/C=C/CCC(=O)NCN(CC)CC. The lowest BCUT2D eigenvalue weighted by Crippen LogP contribution is -2.37. The maximum Gasteiger partial charge on any atom is 0.221 e. The molecule has 94 valence electrons. The minimum atomic E-state index is 0.146. The molecule has 0 spiro atoms. The predicted octanol–water partition coefficient (Wildman–Crippen LogP) is 2.54. The molecule has 0 heterocycles. The molecular weight excluding hydrogens is 200 g/mol. The number of hydrogen-bond donors (Lipinski definition) is 1. The molecule has 0 radical (unpaired) electrons. The van der Waals surface area contributed by atoms with Gasteiger partial charge in [0.1, 0.15) is 0 Å². The van der Waals surface area contributed by atoms with E-state index in [1.807, 2.05) is 0 Å². The standard InChI is InChI=1S/C13H26N2O/c1-4-7-8-9-10-11-13(16)14-12-15(5-2)6-3/h8-9H,4-7,10-12H2,1-3H3,(H,14,16)/b9-8+. The molecule has 0 unspecified atom stereocenters. The summed E-state index contributed by atoms with van der Waals surface area (Å²) in [4.78, 5) is 13.6. The van der Waals surface area contributed by atoms with E-state index in [9.17, 15) is 4.79 Å². The molecule has 16 heavy (non-hydrogen) atoms. The molecular formula is C13H26N2O. The van der Waals surface area contributed by atoms with Gasteiger partial charge in [-0.15, -0.1) is 0 Å². The molecule has 0 aromatic rings. The summed E-state index contributed by atoms with van der Waals surface area (Å²) >= 11 is 0. The van der Waals surface area contributed by atoms with Crippen molar-refractivity contribution >= 4 is 5.91 Å². The van der Waals surface area contributed by atoms with E-state index in [1.165, 1.54) is 6.42 Å². The fourth-order valence-corrected chi connectivity index (χ4v) is 1.35. The minimum absolute atomic E-state index is 0.146. The number of carbonyl (C=O) groups is 1. The molecule has 3 nitrogen and oxygen atoms in total. The Morgan fingerprint density at radius 3 is 2.31 bits per heavy atom. The highest BCUT2D eigenvalue weighted by Gasteiger charge is 2.02. The molecule has 0 saturated carbocycles. The van der Waals surface area contributed by atoms with Crippen molar-refractivity contribution in [1.82, 2.24) is 10.2 Å². The zero-order valence-electron chi connectivity index (χ0n) is 11.0. The number of nitrogens with zero attached hydrogens (tertiary/aromatic N) is 1. The summed E-state index contributed by atoms with van der Waals surface area (Å²) in [6, 6.07) is 0. The molecule has 0 saturated heterocycles. The third kappa shape index (κ3) is 8.48. The van der Waals surface area contributed by atoms with Crippen LogP contribution in [0, 0.1) is 0 Å². The number of allylic oxidation sites excluding steroid dienone is 2. The van der Waals surface area contributed by atoms with Gasteiger partial charge in [0.15, 0.2) is 0 Å². The van der Waals surface area contributed by atoms with E-state index in [0.29, 0.717) is 13.1 Å². The molecule has 0 aliphatic rings. The number of rotatable bonds is 9. The van der Waals surface area contributed by atoms with Gasteiger partial charge in [-0.3, -0.25) is 9.69 Å². The first-order valence-corrected chi connectivity index (χ1v) is 6.38. The van der Waals surface area contributed by atoms with Gasteiger partial charge in [-0.1, -0.05) is 39.3 Å². The van der Waals surface area contributed by atoms with E-state index in [-0.39, 0.29) is 5.91 Å². The molecule has 0 aliphatic heterocycles. The monoisotopic (exact) mass is 226 g/mol. The Bertz CT molecular complexity index is 198. The van der Waals surface area contributed by atoms with Crippen LogP contribution in [0.15, 0.2) is 12.2 Å². The van der Waals surface area contributed by atoms with E-state index in [2.05, 4.69) is 43.1 Å². The smallest absolute Gasteiger partial charge is 0.221 e. The normalized spacial score (nSPS) is 11.2. The Morgan fingerprint density at radius 1 is 1.12 bits per heavy atom. The van der Waals surface area contributed by atoms with Gasteiger partial charge >= 0.3 is 0 Å². The second-order valence-electron chi connectivity index (χ2n) is 3.86. The average molecular weight is 226 g/mol. The maximum absolute atomic E-state index is 11.4. The molecule has 0 rings (SSSR count). The molecule has 0 aliphatic carbocycles. The largest absolute Gasteiger partial charge is 0.343 e. The Hall–Kier alpha value is -0.830. The summed E-state index contributed by atoms with van der Waals surface area (Å²) in [5, 5.41) is 2.93. The quantitative estimate of drug-likeness (QED) is 0.484. The van der Waals surface area contributed by atoms with Crippen molar-refractivity contribution in [2.45, 2.75) is 46.5 Å². The van der Waals surface area contributed by atoms with Crippen LogP contribution in [0.1, 0.15) is 46.5 Å². The van der Waals surface area contributed by atoms with E-state index in [0.717, 1.165) is 25.9 Å². The average Bonchev–Trinajstić information content (AvgIpc) is 2.30. The van der Waals surface area contributed by atoms with Crippen molar-refractivity contribution in [3.05, 3.63) is 12.2 Å². The molecule has 1 N–H and O–H groups in total. The van der Waals surface area contributed by atoms with E-state index in [4.69, 9.17) is 0 Å². The van der Waals surface area contributed by atoms with Crippen molar-refractivity contribution in [2.75, 3.05) is 19.8 Å². The second-order valence-corrected chi connectivity index (χ2v) is 3.86. The van der Waals surface area contributed by atoms with Gasteiger partial charge in [-0.25, -0.2) is 0 Å². The molecule has 0 atom stereocenters. The first kappa shape index (κ1) is 15.2. The van der Waals surface area contributed by atoms with Crippen molar-refractivity contribution in [1.29, 1.82) is 0 Å². The van der Waals surface area contributed by atoms with E-state index in [1.54, 1.807) is 0 Å². The Kier molecular flexibility index (Phi) is 10.1. The van der Waals surface area contributed by atoms with Gasteiger partial charge in [-0.05, 0) is 25.9 Å². The maximum atomic E-state index is 11.4. The fraction of sp³-hybridized carbons (Fsp3) is 0.769. The number of amides is 1. The molecule has 0 aromatic heterocycles. The van der Waals surface area contributed by atoms with Crippen LogP contribution in [0.4, 0.5) is 0 Å². The van der Waals surface area contributed by atoms with Crippen LogP contribution in [-0.4, -0.2) is 30.6 Å². The van der Waals surface area contributed by atoms with Crippen molar-refractivity contribution in [2.24, 2.45) is 0 Å². The topological polar surface area (TPSA) is 32.3 Å². The van der Waals surface area contributed by atoms with E-state index < -0.39 is 0 Å². The number of nitrogens with one attached hydrogen (secondary N) is 1. The zero-order valence-corrected chi connectivity index (χ0v) is 11.0. The summed E-state index contributed by atoms with van der Waals surface area (Å²) in [7, 11) is 0. The fourth-order valence-electron chi connectivity index (χ4n) is 1.35. The molecule has 0 aromatic carbocycles. The first-order valence-electron chi connectivity index (χ1n) is 6.38. The third-order valence-corrected chi connectivity index (χ3v) is 2.55. The Morgan fingerprint density at radius 2 is 1.75 bits per heavy atom. The molecule has 0 bridgehead atoms. The number of carbonyl (C=O) groups excluding carboxylic acids is 1. The zero-order chi connectivity index (χ0) is 12.2. The summed E-state index contributed by atoms with van der Waals surface area (Å²) < 4.78 is 0. The van der Waals surface area contributed by atoms with Gasteiger partial charge in [0.2, 0.25) is 5.91 Å². The lowest BCUT2D eigenvalue weighted by Gasteiger charge is -2.18. The Balaban J connectivity index is 3.51. The summed E-state index contributed by atoms with van der Waals surface area (Å²) in [5.41, 5.74) is 0. The van der Waals surface area contributed by atoms with Crippen LogP contribution < -0.4 is 5.32 Å². The van der Waals surface area contributed by atoms with Gasteiger partial charge in [0.25, 0.3) is 0 Å². The lowest BCUT2D eigenvalue weighted by atomic mass is 10.2. The first-order chi connectivity index (χ1) is 7.74. The summed E-state index contributed by atoms with van der Waals surface area (Å²) in [6.45, 7) is 8.98. The Labute approximate surface area is 99.9 Å². The molecule has 1 amide bonds. The van der Waals surface area contributed by atoms with Gasteiger partial charge in [0, 0.05) is 6.42 Å².